The van der Waals surface area contributed by atoms with E-state index in [2.05, 4.69) is 0 Å². The molecule has 0 aliphatic heterocycles. The SMILES string of the molecule is [B]c1c([B])c([B])c(-c2ccc(-c3ccccc3)c(Cl)c2)c([B])c1[B]. The van der Waals surface area contributed by atoms with Crippen LogP contribution in [0.5, 0.6) is 0 Å². The van der Waals surface area contributed by atoms with Gasteiger partial charge >= 0.3 is 0 Å². The quantitative estimate of drug-likeness (QED) is 0.567. The lowest BCUT2D eigenvalue weighted by Crippen LogP contribution is -2.55. The summed E-state index contributed by atoms with van der Waals surface area (Å²) in [6.45, 7) is 0. The maximum Gasteiger partial charge on any atom is 0.113 e. The molecular formula is C18H8B5Cl. The average molecular weight is 314 g/mol. The molecule has 0 saturated heterocycles. The minimum absolute atomic E-state index is 0.195. The zero-order valence-electron chi connectivity index (χ0n) is 12.9. The molecule has 0 unspecified atom stereocenters. The standard InChI is InChI=1S/C18H8B5Cl/c19-14-13(15(20)17(22)18(23)16(14)21)10-6-7-11(12(24)8-10)9-4-2-1-3-5-9/h1-8H. The molecule has 0 saturated carbocycles. The Balaban J connectivity index is 2.18. The van der Waals surface area contributed by atoms with Crippen molar-refractivity contribution in [3.63, 3.8) is 0 Å². The molecular weight excluding hydrogens is 306 g/mol. The Hall–Kier alpha value is -1.73. The van der Waals surface area contributed by atoms with E-state index in [0.29, 0.717) is 21.5 Å². The van der Waals surface area contributed by atoms with Gasteiger partial charge in [0, 0.05) is 10.6 Å². The molecule has 102 valence electrons. The molecule has 0 bridgehead atoms. The molecule has 0 fully saturated rings. The highest BCUT2D eigenvalue weighted by Gasteiger charge is 2.13. The van der Waals surface area contributed by atoms with Crippen molar-refractivity contribution >= 4 is 78.1 Å². The first-order valence-corrected chi connectivity index (χ1v) is 7.66. The Morgan fingerprint density at radius 3 is 1.67 bits per heavy atom. The van der Waals surface area contributed by atoms with Gasteiger partial charge in [0.25, 0.3) is 0 Å². The number of rotatable bonds is 2. The average Bonchev–Trinajstić information content (AvgIpc) is 2.59. The molecule has 6 heteroatoms. The van der Waals surface area contributed by atoms with E-state index < -0.39 is 0 Å². The van der Waals surface area contributed by atoms with E-state index in [4.69, 9.17) is 50.8 Å². The third kappa shape index (κ3) is 2.86. The Kier molecular flexibility index (Phi) is 4.74. The normalized spacial score (nSPS) is 10.7. The fourth-order valence-electron chi connectivity index (χ4n) is 2.68. The molecule has 0 amide bonds. The van der Waals surface area contributed by atoms with Gasteiger partial charge < -0.3 is 0 Å². The van der Waals surface area contributed by atoms with Crippen molar-refractivity contribution in [2.24, 2.45) is 0 Å². The van der Waals surface area contributed by atoms with E-state index >= 15 is 0 Å². The summed E-state index contributed by atoms with van der Waals surface area (Å²) in [5.74, 6) is 0. The third-order valence-corrected chi connectivity index (χ3v) is 4.35. The number of benzene rings is 3. The van der Waals surface area contributed by atoms with Crippen LogP contribution in [0.1, 0.15) is 0 Å². The summed E-state index contributed by atoms with van der Waals surface area (Å²) in [4.78, 5) is 0. The highest BCUT2D eigenvalue weighted by molar-refractivity contribution is 6.68. The highest BCUT2D eigenvalue weighted by atomic mass is 35.5. The monoisotopic (exact) mass is 314 g/mol. The van der Waals surface area contributed by atoms with Crippen LogP contribution in [0.15, 0.2) is 48.5 Å². The van der Waals surface area contributed by atoms with Crippen LogP contribution in [0.3, 0.4) is 0 Å². The van der Waals surface area contributed by atoms with Gasteiger partial charge in [0.2, 0.25) is 0 Å². The maximum absolute atomic E-state index is 6.46. The Bertz CT molecular complexity index is 893. The summed E-state index contributed by atoms with van der Waals surface area (Å²) in [6.07, 6.45) is 0. The van der Waals surface area contributed by atoms with Crippen molar-refractivity contribution in [2.45, 2.75) is 0 Å². The van der Waals surface area contributed by atoms with Crippen molar-refractivity contribution in [2.75, 3.05) is 0 Å². The number of hydrogen-bond donors (Lipinski definition) is 0. The van der Waals surface area contributed by atoms with E-state index in [9.17, 15) is 0 Å². The van der Waals surface area contributed by atoms with E-state index in [1.165, 1.54) is 0 Å². The first-order chi connectivity index (χ1) is 11.4. The summed E-state index contributed by atoms with van der Waals surface area (Å²) >= 11 is 6.46. The van der Waals surface area contributed by atoms with Crippen LogP contribution >= 0.6 is 11.6 Å². The van der Waals surface area contributed by atoms with Crippen LogP contribution in [0.25, 0.3) is 22.3 Å². The summed E-state index contributed by atoms with van der Waals surface area (Å²) < 4.78 is 0. The van der Waals surface area contributed by atoms with Gasteiger partial charge in [0.15, 0.2) is 0 Å². The second-order valence-electron chi connectivity index (χ2n) is 5.50. The van der Waals surface area contributed by atoms with Gasteiger partial charge in [0.1, 0.15) is 39.2 Å². The first-order valence-electron chi connectivity index (χ1n) is 7.28. The van der Waals surface area contributed by atoms with Crippen molar-refractivity contribution < 1.29 is 0 Å². The number of hydrogen-bond acceptors (Lipinski definition) is 0. The molecule has 0 heterocycles. The third-order valence-electron chi connectivity index (χ3n) is 4.04. The van der Waals surface area contributed by atoms with Crippen molar-refractivity contribution in [1.82, 2.24) is 0 Å². The highest BCUT2D eigenvalue weighted by Crippen LogP contribution is 2.31. The molecule has 3 aromatic carbocycles. The summed E-state index contributed by atoms with van der Waals surface area (Å²) in [5, 5.41) is 0.575. The zero-order valence-corrected chi connectivity index (χ0v) is 13.6. The second-order valence-corrected chi connectivity index (χ2v) is 5.91. The Labute approximate surface area is 154 Å². The minimum Gasteiger partial charge on any atom is -0.112 e. The Morgan fingerprint density at radius 1 is 0.583 bits per heavy atom. The van der Waals surface area contributed by atoms with E-state index in [0.717, 1.165) is 16.7 Å². The van der Waals surface area contributed by atoms with Crippen LogP contribution in [0, 0.1) is 0 Å². The largest absolute Gasteiger partial charge is 0.113 e. The fourth-order valence-corrected chi connectivity index (χ4v) is 2.97. The lowest BCUT2D eigenvalue weighted by molar-refractivity contribution is 1.61. The maximum atomic E-state index is 6.46. The molecule has 3 aromatic rings. The molecule has 0 nitrogen and oxygen atoms in total. The van der Waals surface area contributed by atoms with E-state index in [-0.39, 0.29) is 16.4 Å². The van der Waals surface area contributed by atoms with Crippen LogP contribution in [0.2, 0.25) is 5.02 Å². The van der Waals surface area contributed by atoms with Crippen LogP contribution < -0.4 is 27.3 Å². The smallest absolute Gasteiger partial charge is 0.112 e. The molecule has 0 spiro atoms. The van der Waals surface area contributed by atoms with Crippen LogP contribution in [-0.2, 0) is 0 Å². The van der Waals surface area contributed by atoms with Gasteiger partial charge in [-0.3, -0.25) is 0 Å². The summed E-state index contributed by atoms with van der Waals surface area (Å²) in [5.41, 5.74) is 4.43. The Morgan fingerprint density at radius 2 is 1.12 bits per heavy atom. The molecule has 0 aromatic heterocycles. The molecule has 0 atom stereocenters. The number of halogens is 1. The van der Waals surface area contributed by atoms with Gasteiger partial charge in [0.05, 0.1) is 0 Å². The van der Waals surface area contributed by atoms with Crippen LogP contribution in [-0.4, -0.2) is 39.2 Å². The van der Waals surface area contributed by atoms with Gasteiger partial charge in [-0.15, -0.1) is 16.4 Å². The van der Waals surface area contributed by atoms with E-state index in [1.54, 1.807) is 6.07 Å². The van der Waals surface area contributed by atoms with E-state index in [1.807, 2.05) is 42.5 Å². The molecule has 0 aliphatic carbocycles. The topological polar surface area (TPSA) is 0 Å². The molecule has 10 radical (unpaired) electrons. The zero-order chi connectivity index (χ0) is 17.4. The fraction of sp³-hybridized carbons (Fsp3) is 0. The predicted octanol–water partition coefficient (Wildman–Crippen LogP) is -0.357. The minimum atomic E-state index is 0.195. The lowest BCUT2D eigenvalue weighted by atomic mass is 9.59. The lowest BCUT2D eigenvalue weighted by Gasteiger charge is -2.21. The van der Waals surface area contributed by atoms with Gasteiger partial charge in [-0.2, -0.15) is 0 Å². The van der Waals surface area contributed by atoms with Gasteiger partial charge in [-0.25, -0.2) is 0 Å². The molecule has 0 aliphatic rings. The second kappa shape index (κ2) is 6.65. The van der Waals surface area contributed by atoms with Crippen molar-refractivity contribution in [3.8, 4) is 22.3 Å². The van der Waals surface area contributed by atoms with Crippen LogP contribution in [0.4, 0.5) is 0 Å². The molecule has 0 N–H and O–H groups in total. The summed E-state index contributed by atoms with van der Waals surface area (Å²) in [6, 6.07) is 15.4. The van der Waals surface area contributed by atoms with Crippen molar-refractivity contribution in [3.05, 3.63) is 53.6 Å². The molecule has 3 rings (SSSR count). The van der Waals surface area contributed by atoms with Gasteiger partial charge in [-0.1, -0.05) is 65.0 Å². The van der Waals surface area contributed by atoms with Crippen molar-refractivity contribution in [1.29, 1.82) is 0 Å². The molecule has 24 heavy (non-hydrogen) atoms. The summed E-state index contributed by atoms with van der Waals surface area (Å²) in [7, 11) is 29.9. The predicted molar refractivity (Wildman–Crippen MR) is 109 cm³/mol. The van der Waals surface area contributed by atoms with Gasteiger partial charge in [-0.05, 0) is 22.8 Å². The first kappa shape index (κ1) is 17.1.